The van der Waals surface area contributed by atoms with E-state index < -0.39 is 0 Å². The van der Waals surface area contributed by atoms with Gasteiger partial charge in [-0.15, -0.1) is 12.4 Å². The summed E-state index contributed by atoms with van der Waals surface area (Å²) in [6, 6.07) is 8.02. The van der Waals surface area contributed by atoms with Crippen molar-refractivity contribution in [2.45, 2.75) is 6.42 Å². The maximum atomic E-state index is 11.3. The molecule has 0 saturated carbocycles. The van der Waals surface area contributed by atoms with Crippen molar-refractivity contribution < 1.29 is 4.79 Å². The third-order valence-electron chi connectivity index (χ3n) is 2.17. The maximum absolute atomic E-state index is 11.3. The highest BCUT2D eigenvalue weighted by Gasteiger charge is 2.00. The third kappa shape index (κ3) is 6.56. The molecule has 0 aliphatic carbocycles. The van der Waals surface area contributed by atoms with Crippen LogP contribution in [0.2, 0.25) is 0 Å². The van der Waals surface area contributed by atoms with Gasteiger partial charge < -0.3 is 10.6 Å². The molecule has 0 radical (unpaired) electrons. The van der Waals surface area contributed by atoms with E-state index in [1.54, 1.807) is 7.05 Å². The van der Waals surface area contributed by atoms with Crippen molar-refractivity contribution in [2.24, 2.45) is 0 Å². The molecule has 0 saturated heterocycles. The fraction of sp³-hybridized carbons (Fsp3) is 0.417. The lowest BCUT2D eigenvalue weighted by atomic mass is 10.1. The van der Waals surface area contributed by atoms with Gasteiger partial charge in [-0.2, -0.15) is 11.8 Å². The first-order valence-electron chi connectivity index (χ1n) is 5.28. The Kier molecular flexibility index (Phi) is 8.94. The van der Waals surface area contributed by atoms with E-state index in [1.165, 1.54) is 5.56 Å². The second-order valence-corrected chi connectivity index (χ2v) is 4.50. The molecule has 2 N–H and O–H groups in total. The lowest BCUT2D eigenvalue weighted by Crippen LogP contribution is -2.24. The van der Waals surface area contributed by atoms with Crippen molar-refractivity contribution in [3.8, 4) is 0 Å². The molecule has 1 amide bonds. The van der Waals surface area contributed by atoms with Gasteiger partial charge >= 0.3 is 0 Å². The highest BCUT2D eigenvalue weighted by Crippen LogP contribution is 2.11. The number of aryl methyl sites for hydroxylation is 1. The van der Waals surface area contributed by atoms with E-state index in [-0.39, 0.29) is 18.3 Å². The molecule has 96 valence electrons. The Hall–Kier alpha value is -0.710. The van der Waals surface area contributed by atoms with Gasteiger partial charge in [-0.3, -0.25) is 4.79 Å². The van der Waals surface area contributed by atoms with E-state index in [9.17, 15) is 4.79 Å². The number of rotatable bonds is 6. The van der Waals surface area contributed by atoms with E-state index in [0.29, 0.717) is 6.54 Å². The largest absolute Gasteiger partial charge is 0.325 e. The van der Waals surface area contributed by atoms with Crippen molar-refractivity contribution in [1.82, 2.24) is 5.32 Å². The lowest BCUT2D eigenvalue weighted by Gasteiger charge is -2.05. The molecule has 0 bridgehead atoms. The van der Waals surface area contributed by atoms with Gasteiger partial charge in [-0.1, -0.05) is 12.1 Å². The molecule has 0 atom stereocenters. The zero-order valence-corrected chi connectivity index (χ0v) is 11.8. The van der Waals surface area contributed by atoms with Crippen LogP contribution in [-0.4, -0.2) is 31.5 Å². The summed E-state index contributed by atoms with van der Waals surface area (Å²) in [4.78, 5) is 11.3. The molecule has 1 rings (SSSR count). The number of carbonyl (C=O) groups is 1. The summed E-state index contributed by atoms with van der Waals surface area (Å²) in [6.07, 6.45) is 3.18. The van der Waals surface area contributed by atoms with Crippen LogP contribution in [0.4, 0.5) is 5.69 Å². The molecule has 0 spiro atoms. The van der Waals surface area contributed by atoms with E-state index in [0.717, 1.165) is 17.9 Å². The van der Waals surface area contributed by atoms with Crippen molar-refractivity contribution in [2.75, 3.05) is 30.9 Å². The Balaban J connectivity index is 0.00000256. The summed E-state index contributed by atoms with van der Waals surface area (Å²) in [6.45, 7) is 0.341. The maximum Gasteiger partial charge on any atom is 0.238 e. The van der Waals surface area contributed by atoms with Crippen LogP contribution in [0.3, 0.4) is 0 Å². The number of halogens is 1. The SMILES string of the molecule is CNCC(=O)Nc1ccc(CCSC)cc1.Cl. The van der Waals surface area contributed by atoms with E-state index >= 15 is 0 Å². The standard InChI is InChI=1S/C12H18N2OS.ClH/c1-13-9-12(15)14-11-5-3-10(4-6-11)7-8-16-2;/h3-6,13H,7-9H2,1-2H3,(H,14,15);1H. The van der Waals surface area contributed by atoms with Crippen LogP contribution in [0, 0.1) is 0 Å². The van der Waals surface area contributed by atoms with E-state index in [2.05, 4.69) is 29.0 Å². The van der Waals surface area contributed by atoms with Gasteiger partial charge in [0.15, 0.2) is 0 Å². The summed E-state index contributed by atoms with van der Waals surface area (Å²) in [5.74, 6) is 1.12. The Bertz CT molecular complexity index is 330. The molecule has 1 aromatic carbocycles. The van der Waals surface area contributed by atoms with Crippen LogP contribution < -0.4 is 10.6 Å². The molecule has 0 aliphatic heterocycles. The number of nitrogens with one attached hydrogen (secondary N) is 2. The molecule has 5 heteroatoms. The number of carbonyl (C=O) groups excluding carboxylic acids is 1. The number of hydrogen-bond acceptors (Lipinski definition) is 3. The molecular formula is C12H19ClN2OS. The molecule has 1 aromatic rings. The van der Waals surface area contributed by atoms with Crippen molar-refractivity contribution in [1.29, 1.82) is 0 Å². The topological polar surface area (TPSA) is 41.1 Å². The minimum atomic E-state index is -0.0145. The van der Waals surface area contributed by atoms with Crippen LogP contribution in [0.25, 0.3) is 0 Å². The van der Waals surface area contributed by atoms with Gasteiger partial charge in [0.05, 0.1) is 6.54 Å². The van der Waals surface area contributed by atoms with Gasteiger partial charge in [-0.25, -0.2) is 0 Å². The molecular weight excluding hydrogens is 256 g/mol. The molecule has 0 unspecified atom stereocenters. The monoisotopic (exact) mass is 274 g/mol. The van der Waals surface area contributed by atoms with Gasteiger partial charge in [0.1, 0.15) is 0 Å². The van der Waals surface area contributed by atoms with E-state index in [4.69, 9.17) is 0 Å². The van der Waals surface area contributed by atoms with Crippen molar-refractivity contribution in [3.05, 3.63) is 29.8 Å². The minimum absolute atomic E-state index is 0. The summed E-state index contributed by atoms with van der Waals surface area (Å²) in [7, 11) is 1.76. The Morgan fingerprint density at radius 2 is 1.94 bits per heavy atom. The van der Waals surface area contributed by atoms with Gasteiger partial charge in [0, 0.05) is 5.69 Å². The van der Waals surface area contributed by atoms with Crippen LogP contribution in [0.1, 0.15) is 5.56 Å². The average molecular weight is 275 g/mol. The summed E-state index contributed by atoms with van der Waals surface area (Å²) in [5.41, 5.74) is 2.16. The van der Waals surface area contributed by atoms with Gasteiger partial charge in [-0.05, 0) is 43.2 Å². The average Bonchev–Trinajstić information content (AvgIpc) is 2.28. The van der Waals surface area contributed by atoms with Gasteiger partial charge in [0.2, 0.25) is 5.91 Å². The Morgan fingerprint density at radius 1 is 1.29 bits per heavy atom. The number of amides is 1. The molecule has 17 heavy (non-hydrogen) atoms. The summed E-state index contributed by atoms with van der Waals surface area (Å²) >= 11 is 1.84. The number of likely N-dealkylation sites (N-methyl/N-ethyl adjacent to an activating group) is 1. The molecule has 0 fully saturated rings. The number of anilines is 1. The third-order valence-corrected chi connectivity index (χ3v) is 2.78. The highest BCUT2D eigenvalue weighted by atomic mass is 35.5. The molecule has 3 nitrogen and oxygen atoms in total. The quantitative estimate of drug-likeness (QED) is 0.835. The first-order chi connectivity index (χ1) is 7.76. The van der Waals surface area contributed by atoms with Crippen molar-refractivity contribution in [3.63, 3.8) is 0 Å². The second kappa shape index (κ2) is 9.33. The number of benzene rings is 1. The zero-order valence-electron chi connectivity index (χ0n) is 10.2. The summed E-state index contributed by atoms with van der Waals surface area (Å²) in [5, 5.41) is 5.63. The van der Waals surface area contributed by atoms with Crippen LogP contribution in [-0.2, 0) is 11.2 Å². The first-order valence-corrected chi connectivity index (χ1v) is 6.68. The molecule has 0 heterocycles. The van der Waals surface area contributed by atoms with Crippen LogP contribution >= 0.6 is 24.2 Å². The summed E-state index contributed by atoms with van der Waals surface area (Å²) < 4.78 is 0. The molecule has 0 aliphatic rings. The molecule has 0 aromatic heterocycles. The zero-order chi connectivity index (χ0) is 11.8. The number of hydrogen-bond donors (Lipinski definition) is 2. The number of thioether (sulfide) groups is 1. The predicted octanol–water partition coefficient (Wildman–Crippen LogP) is 2.17. The Morgan fingerprint density at radius 3 is 2.47 bits per heavy atom. The smallest absolute Gasteiger partial charge is 0.238 e. The Labute approximate surface area is 113 Å². The van der Waals surface area contributed by atoms with Crippen molar-refractivity contribution >= 4 is 35.8 Å². The van der Waals surface area contributed by atoms with Crippen LogP contribution in [0.5, 0.6) is 0 Å². The van der Waals surface area contributed by atoms with E-state index in [1.807, 2.05) is 23.9 Å². The van der Waals surface area contributed by atoms with Crippen LogP contribution in [0.15, 0.2) is 24.3 Å². The second-order valence-electron chi connectivity index (χ2n) is 3.52. The lowest BCUT2D eigenvalue weighted by molar-refractivity contribution is -0.115. The predicted molar refractivity (Wildman–Crippen MR) is 78.3 cm³/mol. The highest BCUT2D eigenvalue weighted by molar-refractivity contribution is 7.98. The van der Waals surface area contributed by atoms with Gasteiger partial charge in [0.25, 0.3) is 0 Å². The fourth-order valence-electron chi connectivity index (χ4n) is 1.34. The fourth-order valence-corrected chi connectivity index (χ4v) is 1.78. The first kappa shape index (κ1) is 16.3. The normalized spacial score (nSPS) is 9.53. The minimum Gasteiger partial charge on any atom is -0.325 e.